The molecule has 1 spiro atoms. The number of carbonyl (C=O) groups excluding carboxylic acids is 1. The zero-order valence-corrected chi connectivity index (χ0v) is 17.5. The molecular formula is C21H31F2N3O3. The molecule has 0 bridgehead atoms. The van der Waals surface area contributed by atoms with Crippen molar-refractivity contribution in [1.29, 1.82) is 0 Å². The van der Waals surface area contributed by atoms with E-state index < -0.39 is 17.2 Å². The molecule has 1 aliphatic carbocycles. The van der Waals surface area contributed by atoms with Gasteiger partial charge >= 0.3 is 0 Å². The molecule has 1 aromatic rings. The fraction of sp³-hybridized carbons (Fsp3) is 0.667. The maximum Gasteiger partial charge on any atom is 0.236 e. The number of nitrogens with one attached hydrogen (secondary N) is 1. The SMILES string of the molecule is COc1c(F)cc(F)cc1CN1CCOC2(CCCCC2NCC(=O)N(C)C)C1. The van der Waals surface area contributed by atoms with Gasteiger partial charge in [-0.05, 0) is 18.9 Å². The van der Waals surface area contributed by atoms with Gasteiger partial charge in [0.1, 0.15) is 5.82 Å². The lowest BCUT2D eigenvalue weighted by atomic mass is 9.78. The molecule has 2 atom stereocenters. The molecule has 0 aromatic heterocycles. The zero-order chi connectivity index (χ0) is 21.0. The first-order chi connectivity index (χ1) is 13.8. The summed E-state index contributed by atoms with van der Waals surface area (Å²) in [6.45, 7) is 2.51. The van der Waals surface area contributed by atoms with E-state index in [1.807, 2.05) is 0 Å². The standard InChI is InChI=1S/C21H31F2N3O3/c1-25(2)19(27)12-24-18-6-4-5-7-21(18)14-26(8-9-29-21)13-15-10-16(22)11-17(23)20(15)28-3/h10-11,18,24H,4-9,12-14H2,1-3H3. The summed E-state index contributed by atoms with van der Waals surface area (Å²) in [4.78, 5) is 15.8. The predicted molar refractivity (Wildman–Crippen MR) is 106 cm³/mol. The maximum absolute atomic E-state index is 14.1. The summed E-state index contributed by atoms with van der Waals surface area (Å²) in [5, 5.41) is 3.40. The Balaban J connectivity index is 1.73. The van der Waals surface area contributed by atoms with Crippen molar-refractivity contribution in [3.63, 3.8) is 0 Å². The van der Waals surface area contributed by atoms with Gasteiger partial charge in [-0.3, -0.25) is 9.69 Å². The molecule has 8 heteroatoms. The highest BCUT2D eigenvalue weighted by Crippen LogP contribution is 2.36. The number of rotatable bonds is 6. The summed E-state index contributed by atoms with van der Waals surface area (Å²) in [6.07, 6.45) is 3.98. The Hall–Kier alpha value is -1.77. The molecule has 3 rings (SSSR count). The molecule has 2 unspecified atom stereocenters. The van der Waals surface area contributed by atoms with Gasteiger partial charge in [0, 0.05) is 51.4 Å². The molecule has 162 valence electrons. The summed E-state index contributed by atoms with van der Waals surface area (Å²) in [5.74, 6) is -1.19. The lowest BCUT2D eigenvalue weighted by Crippen LogP contribution is -2.63. The van der Waals surface area contributed by atoms with Crippen LogP contribution in [-0.2, 0) is 16.1 Å². The van der Waals surface area contributed by atoms with Crippen LogP contribution < -0.4 is 10.1 Å². The molecule has 29 heavy (non-hydrogen) atoms. The smallest absolute Gasteiger partial charge is 0.236 e. The first-order valence-corrected chi connectivity index (χ1v) is 10.2. The normalized spacial score (nSPS) is 25.2. The van der Waals surface area contributed by atoms with Crippen LogP contribution in [0.4, 0.5) is 8.78 Å². The van der Waals surface area contributed by atoms with Crippen molar-refractivity contribution in [3.8, 4) is 5.75 Å². The Labute approximate surface area is 171 Å². The number of amides is 1. The molecule has 2 fully saturated rings. The van der Waals surface area contributed by atoms with Gasteiger partial charge in [-0.1, -0.05) is 12.8 Å². The quantitative estimate of drug-likeness (QED) is 0.778. The minimum Gasteiger partial charge on any atom is -0.493 e. The molecule has 1 aliphatic heterocycles. The summed E-state index contributed by atoms with van der Waals surface area (Å²) in [6, 6.07) is 2.23. The molecule has 1 N–H and O–H groups in total. The van der Waals surface area contributed by atoms with Crippen LogP contribution in [0.2, 0.25) is 0 Å². The average Bonchev–Trinajstić information content (AvgIpc) is 2.67. The van der Waals surface area contributed by atoms with Crippen molar-refractivity contribution in [2.75, 3.05) is 47.4 Å². The van der Waals surface area contributed by atoms with E-state index in [1.165, 1.54) is 13.2 Å². The lowest BCUT2D eigenvalue weighted by molar-refractivity contribution is -0.147. The second-order valence-electron chi connectivity index (χ2n) is 8.17. The molecule has 0 radical (unpaired) electrons. The number of hydrogen-bond acceptors (Lipinski definition) is 5. The molecule has 1 heterocycles. The Morgan fingerprint density at radius 2 is 2.17 bits per heavy atom. The second kappa shape index (κ2) is 9.36. The number of morpholine rings is 1. The zero-order valence-electron chi connectivity index (χ0n) is 17.5. The number of methoxy groups -OCH3 is 1. The molecule has 1 amide bonds. The van der Waals surface area contributed by atoms with Crippen LogP contribution >= 0.6 is 0 Å². The Morgan fingerprint density at radius 1 is 1.38 bits per heavy atom. The van der Waals surface area contributed by atoms with E-state index in [0.717, 1.165) is 31.7 Å². The third-order valence-electron chi connectivity index (χ3n) is 5.95. The van der Waals surface area contributed by atoms with E-state index in [9.17, 15) is 13.6 Å². The predicted octanol–water partition coefficient (Wildman–Crippen LogP) is 2.16. The molecule has 1 saturated heterocycles. The Bertz CT molecular complexity index is 727. The third-order valence-corrected chi connectivity index (χ3v) is 5.95. The van der Waals surface area contributed by atoms with Crippen LogP contribution in [-0.4, -0.2) is 74.8 Å². The van der Waals surface area contributed by atoms with Crippen molar-refractivity contribution in [2.24, 2.45) is 0 Å². The highest BCUT2D eigenvalue weighted by molar-refractivity contribution is 5.77. The van der Waals surface area contributed by atoms with E-state index in [1.54, 1.807) is 19.0 Å². The first-order valence-electron chi connectivity index (χ1n) is 10.2. The number of likely N-dealkylation sites (N-methyl/N-ethyl adjacent to an activating group) is 1. The van der Waals surface area contributed by atoms with Crippen molar-refractivity contribution in [2.45, 2.75) is 43.9 Å². The van der Waals surface area contributed by atoms with Crippen LogP contribution in [0.25, 0.3) is 0 Å². The Kier molecular flexibility index (Phi) is 7.08. The number of hydrogen-bond donors (Lipinski definition) is 1. The summed E-state index contributed by atoms with van der Waals surface area (Å²) in [7, 11) is 4.87. The Morgan fingerprint density at radius 3 is 2.90 bits per heavy atom. The van der Waals surface area contributed by atoms with Gasteiger partial charge in [0.05, 0.1) is 25.9 Å². The molecular weight excluding hydrogens is 380 g/mol. The van der Waals surface area contributed by atoms with E-state index in [-0.39, 0.29) is 24.2 Å². The number of carbonyl (C=O) groups is 1. The van der Waals surface area contributed by atoms with Crippen molar-refractivity contribution in [3.05, 3.63) is 29.3 Å². The van der Waals surface area contributed by atoms with Crippen LogP contribution in [0.5, 0.6) is 5.75 Å². The maximum atomic E-state index is 14.1. The number of halogens is 2. The summed E-state index contributed by atoms with van der Waals surface area (Å²) in [5.41, 5.74) is 0.0903. The summed E-state index contributed by atoms with van der Waals surface area (Å²) < 4.78 is 39.3. The van der Waals surface area contributed by atoms with Crippen LogP contribution in [0.3, 0.4) is 0 Å². The number of ether oxygens (including phenoxy) is 2. The monoisotopic (exact) mass is 411 g/mol. The average molecular weight is 411 g/mol. The minimum atomic E-state index is -0.690. The third kappa shape index (κ3) is 5.05. The van der Waals surface area contributed by atoms with Gasteiger partial charge in [0.2, 0.25) is 5.91 Å². The van der Waals surface area contributed by atoms with Gasteiger partial charge in [-0.15, -0.1) is 0 Å². The van der Waals surface area contributed by atoms with E-state index in [0.29, 0.717) is 31.8 Å². The molecule has 2 aliphatic rings. The molecule has 6 nitrogen and oxygen atoms in total. The first kappa shape index (κ1) is 21.9. The topological polar surface area (TPSA) is 54.0 Å². The minimum absolute atomic E-state index is 0.0263. The fourth-order valence-corrected chi connectivity index (χ4v) is 4.45. The van der Waals surface area contributed by atoms with E-state index in [4.69, 9.17) is 9.47 Å². The van der Waals surface area contributed by atoms with Gasteiger partial charge in [-0.2, -0.15) is 0 Å². The largest absolute Gasteiger partial charge is 0.493 e. The van der Waals surface area contributed by atoms with Crippen LogP contribution in [0.1, 0.15) is 31.2 Å². The van der Waals surface area contributed by atoms with Crippen LogP contribution in [0, 0.1) is 11.6 Å². The number of benzene rings is 1. The molecule has 1 aromatic carbocycles. The molecule has 1 saturated carbocycles. The van der Waals surface area contributed by atoms with E-state index in [2.05, 4.69) is 10.2 Å². The lowest BCUT2D eigenvalue weighted by Gasteiger charge is -2.50. The van der Waals surface area contributed by atoms with E-state index >= 15 is 0 Å². The highest BCUT2D eigenvalue weighted by Gasteiger charge is 2.45. The highest BCUT2D eigenvalue weighted by atomic mass is 19.1. The fourth-order valence-electron chi connectivity index (χ4n) is 4.45. The summed E-state index contributed by atoms with van der Waals surface area (Å²) >= 11 is 0. The van der Waals surface area contributed by atoms with Gasteiger partial charge in [0.25, 0.3) is 0 Å². The van der Waals surface area contributed by atoms with Gasteiger partial charge in [-0.25, -0.2) is 8.78 Å². The van der Waals surface area contributed by atoms with Crippen LogP contribution in [0.15, 0.2) is 12.1 Å². The van der Waals surface area contributed by atoms with Gasteiger partial charge in [0.15, 0.2) is 11.6 Å². The van der Waals surface area contributed by atoms with Gasteiger partial charge < -0.3 is 19.7 Å². The van der Waals surface area contributed by atoms with Crippen molar-refractivity contribution in [1.82, 2.24) is 15.1 Å². The van der Waals surface area contributed by atoms with Crippen molar-refractivity contribution < 1.29 is 23.0 Å². The van der Waals surface area contributed by atoms with Crippen molar-refractivity contribution >= 4 is 5.91 Å². The number of nitrogens with zero attached hydrogens (tertiary/aromatic N) is 2. The second-order valence-corrected chi connectivity index (χ2v) is 8.17.